The fourth-order valence-electron chi connectivity index (χ4n) is 2.33. The maximum Gasteiger partial charge on any atom is 0.327 e. The van der Waals surface area contributed by atoms with Gasteiger partial charge in [0.25, 0.3) is 0 Å². The summed E-state index contributed by atoms with van der Waals surface area (Å²) < 4.78 is 0. The van der Waals surface area contributed by atoms with E-state index in [1.807, 2.05) is 18.7 Å². The van der Waals surface area contributed by atoms with Crippen molar-refractivity contribution in [2.24, 2.45) is 0 Å². The topological polar surface area (TPSA) is 60.9 Å². The number of hydrogen-bond donors (Lipinski definition) is 1. The molecule has 1 heterocycles. The first-order chi connectivity index (χ1) is 8.56. The first kappa shape index (κ1) is 13.5. The van der Waals surface area contributed by atoms with Crippen molar-refractivity contribution in [1.82, 2.24) is 9.80 Å². The van der Waals surface area contributed by atoms with Crippen molar-refractivity contribution in [2.45, 2.75) is 50.6 Å². The van der Waals surface area contributed by atoms with Gasteiger partial charge in [-0.3, -0.25) is 4.90 Å². The van der Waals surface area contributed by atoms with Gasteiger partial charge in [0.05, 0.1) is 5.37 Å². The smallest absolute Gasteiger partial charge is 0.327 e. The number of hydrogen-bond acceptors (Lipinski definition) is 3. The van der Waals surface area contributed by atoms with Crippen LogP contribution in [0.1, 0.15) is 33.1 Å². The third kappa shape index (κ3) is 2.58. The number of carboxylic acids is 1. The first-order valence-electron chi connectivity index (χ1n) is 6.49. The number of carboxylic acid groups (broad SMARTS) is 1. The summed E-state index contributed by atoms with van der Waals surface area (Å²) in [7, 11) is 0. The lowest BCUT2D eigenvalue weighted by atomic mass is 10.3. The molecule has 0 aromatic heterocycles. The average molecular weight is 272 g/mol. The van der Waals surface area contributed by atoms with Crippen LogP contribution >= 0.6 is 11.8 Å². The molecule has 2 fully saturated rings. The van der Waals surface area contributed by atoms with Crippen molar-refractivity contribution in [3.8, 4) is 0 Å². The highest BCUT2D eigenvalue weighted by molar-refractivity contribution is 8.00. The van der Waals surface area contributed by atoms with Crippen molar-refractivity contribution < 1.29 is 14.7 Å². The van der Waals surface area contributed by atoms with Gasteiger partial charge in [-0.1, -0.05) is 6.92 Å². The fourth-order valence-corrected chi connectivity index (χ4v) is 3.50. The van der Waals surface area contributed by atoms with E-state index in [9.17, 15) is 14.7 Å². The van der Waals surface area contributed by atoms with Gasteiger partial charge in [0, 0.05) is 18.3 Å². The Hall–Kier alpha value is -0.910. The molecule has 2 amide bonds. The van der Waals surface area contributed by atoms with E-state index in [0.717, 1.165) is 25.8 Å². The lowest BCUT2D eigenvalue weighted by Crippen LogP contribution is -2.51. The lowest BCUT2D eigenvalue weighted by molar-refractivity contribution is -0.141. The Morgan fingerprint density at radius 2 is 2.11 bits per heavy atom. The van der Waals surface area contributed by atoms with Gasteiger partial charge in [0.15, 0.2) is 0 Å². The summed E-state index contributed by atoms with van der Waals surface area (Å²) >= 11 is 1.54. The molecule has 0 radical (unpaired) electrons. The molecule has 0 aromatic rings. The van der Waals surface area contributed by atoms with E-state index in [1.54, 1.807) is 4.90 Å². The highest BCUT2D eigenvalue weighted by atomic mass is 32.2. The summed E-state index contributed by atoms with van der Waals surface area (Å²) in [5.41, 5.74) is 0. The summed E-state index contributed by atoms with van der Waals surface area (Å²) in [4.78, 5) is 27.1. The number of nitrogens with zero attached hydrogens (tertiary/aromatic N) is 2. The molecule has 2 aliphatic rings. The molecule has 0 bridgehead atoms. The molecule has 2 rings (SSSR count). The van der Waals surface area contributed by atoms with Crippen LogP contribution in [0.4, 0.5) is 4.79 Å². The summed E-state index contributed by atoms with van der Waals surface area (Å²) in [6.45, 7) is 4.67. The minimum Gasteiger partial charge on any atom is -0.480 e. The van der Waals surface area contributed by atoms with E-state index < -0.39 is 12.0 Å². The van der Waals surface area contributed by atoms with Crippen LogP contribution in [0.25, 0.3) is 0 Å². The monoisotopic (exact) mass is 272 g/mol. The molecule has 2 unspecified atom stereocenters. The van der Waals surface area contributed by atoms with E-state index in [2.05, 4.69) is 0 Å². The van der Waals surface area contributed by atoms with Gasteiger partial charge in [0.2, 0.25) is 0 Å². The van der Waals surface area contributed by atoms with Gasteiger partial charge in [-0.05, 0) is 26.2 Å². The molecule has 1 aliphatic heterocycles. The number of rotatable bonds is 4. The Bertz CT molecular complexity index is 346. The van der Waals surface area contributed by atoms with Crippen LogP contribution in [0.2, 0.25) is 0 Å². The van der Waals surface area contributed by atoms with Crippen LogP contribution in [-0.4, -0.2) is 56.7 Å². The molecule has 0 spiro atoms. The predicted octanol–water partition coefficient (Wildman–Crippen LogP) is 1.83. The largest absolute Gasteiger partial charge is 0.480 e. The normalized spacial score (nSPS) is 27.3. The summed E-state index contributed by atoms with van der Waals surface area (Å²) in [5.74, 6) is -0.403. The van der Waals surface area contributed by atoms with E-state index in [1.165, 1.54) is 11.8 Å². The molecular weight excluding hydrogens is 252 g/mol. The molecule has 1 saturated carbocycles. The standard InChI is InChI=1S/C12H20N2O3S/c1-3-6-13(9-4-5-9)12(17)14-8(2)18-7-10(14)11(15)16/h8-10H,3-7H2,1-2H3,(H,15,16). The lowest BCUT2D eigenvalue weighted by Gasteiger charge is -2.32. The molecule has 5 nitrogen and oxygen atoms in total. The Morgan fingerprint density at radius 3 is 2.61 bits per heavy atom. The maximum atomic E-state index is 12.5. The minimum absolute atomic E-state index is 0.0447. The Labute approximate surface area is 112 Å². The summed E-state index contributed by atoms with van der Waals surface area (Å²) in [6, 6.07) is -0.426. The zero-order valence-electron chi connectivity index (χ0n) is 10.8. The van der Waals surface area contributed by atoms with Crippen molar-refractivity contribution in [3.63, 3.8) is 0 Å². The average Bonchev–Trinajstić information content (AvgIpc) is 3.07. The highest BCUT2D eigenvalue weighted by Gasteiger charge is 2.44. The Morgan fingerprint density at radius 1 is 1.44 bits per heavy atom. The second-order valence-corrected chi connectivity index (χ2v) is 6.25. The number of carbonyl (C=O) groups excluding carboxylic acids is 1. The van der Waals surface area contributed by atoms with E-state index in [4.69, 9.17) is 0 Å². The molecule has 1 aliphatic carbocycles. The molecule has 1 N–H and O–H groups in total. The second kappa shape index (κ2) is 5.38. The minimum atomic E-state index is -0.896. The van der Waals surface area contributed by atoms with E-state index >= 15 is 0 Å². The molecular formula is C12H20N2O3S. The molecule has 6 heteroatoms. The molecule has 0 aromatic carbocycles. The zero-order valence-corrected chi connectivity index (χ0v) is 11.7. The van der Waals surface area contributed by atoms with Crippen LogP contribution in [0.5, 0.6) is 0 Å². The third-order valence-corrected chi connectivity index (χ3v) is 4.64. The highest BCUT2D eigenvalue weighted by Crippen LogP contribution is 2.33. The predicted molar refractivity (Wildman–Crippen MR) is 70.6 cm³/mol. The van der Waals surface area contributed by atoms with Crippen LogP contribution in [0, 0.1) is 0 Å². The molecule has 18 heavy (non-hydrogen) atoms. The number of aliphatic carboxylic acids is 1. The third-order valence-electron chi connectivity index (χ3n) is 3.43. The van der Waals surface area contributed by atoms with Crippen LogP contribution in [0.15, 0.2) is 0 Å². The van der Waals surface area contributed by atoms with Gasteiger partial charge in [-0.25, -0.2) is 9.59 Å². The Kier molecular flexibility index (Phi) is 4.04. The van der Waals surface area contributed by atoms with E-state index in [0.29, 0.717) is 11.8 Å². The van der Waals surface area contributed by atoms with Gasteiger partial charge >= 0.3 is 12.0 Å². The van der Waals surface area contributed by atoms with Crippen LogP contribution < -0.4 is 0 Å². The van der Waals surface area contributed by atoms with Gasteiger partial charge in [-0.2, -0.15) is 0 Å². The number of thioether (sulfide) groups is 1. The molecule has 102 valence electrons. The number of amides is 2. The maximum absolute atomic E-state index is 12.5. The van der Waals surface area contributed by atoms with Gasteiger partial charge in [0.1, 0.15) is 6.04 Å². The van der Waals surface area contributed by atoms with E-state index in [-0.39, 0.29) is 11.4 Å². The van der Waals surface area contributed by atoms with Crippen LogP contribution in [-0.2, 0) is 4.79 Å². The van der Waals surface area contributed by atoms with Crippen molar-refractivity contribution in [1.29, 1.82) is 0 Å². The second-order valence-electron chi connectivity index (χ2n) is 4.90. The van der Waals surface area contributed by atoms with Crippen molar-refractivity contribution in [2.75, 3.05) is 12.3 Å². The summed E-state index contributed by atoms with van der Waals surface area (Å²) in [5, 5.41) is 9.15. The number of urea groups is 1. The van der Waals surface area contributed by atoms with Crippen molar-refractivity contribution in [3.05, 3.63) is 0 Å². The molecule has 2 atom stereocenters. The fraction of sp³-hybridized carbons (Fsp3) is 0.833. The summed E-state index contributed by atoms with van der Waals surface area (Å²) in [6.07, 6.45) is 3.02. The zero-order chi connectivity index (χ0) is 13.3. The first-order valence-corrected chi connectivity index (χ1v) is 7.54. The quantitative estimate of drug-likeness (QED) is 0.848. The molecule has 1 saturated heterocycles. The van der Waals surface area contributed by atoms with Crippen molar-refractivity contribution >= 4 is 23.8 Å². The number of carbonyl (C=O) groups is 2. The Balaban J connectivity index is 2.11. The van der Waals surface area contributed by atoms with Crippen LogP contribution in [0.3, 0.4) is 0 Å². The van der Waals surface area contributed by atoms with Gasteiger partial charge < -0.3 is 10.0 Å². The van der Waals surface area contributed by atoms with Gasteiger partial charge in [-0.15, -0.1) is 11.8 Å². The SMILES string of the molecule is CCCN(C(=O)N1C(C)SCC1C(=O)O)C1CC1.